The third-order valence-corrected chi connectivity index (χ3v) is 3.67. The van der Waals surface area contributed by atoms with Crippen LogP contribution in [-0.4, -0.2) is 9.97 Å². The number of imidazole rings is 1. The van der Waals surface area contributed by atoms with E-state index in [0.29, 0.717) is 5.75 Å². The van der Waals surface area contributed by atoms with E-state index in [1.54, 1.807) is 24.3 Å². The summed E-state index contributed by atoms with van der Waals surface area (Å²) < 4.78 is 44.4. The van der Waals surface area contributed by atoms with Gasteiger partial charge in [-0.15, -0.1) is 0 Å². The van der Waals surface area contributed by atoms with Gasteiger partial charge in [0.05, 0.1) is 16.1 Å². The van der Waals surface area contributed by atoms with Crippen LogP contribution in [-0.2, 0) is 6.18 Å². The topological polar surface area (TPSA) is 37.9 Å². The van der Waals surface area contributed by atoms with E-state index in [-0.39, 0.29) is 21.8 Å². The molecule has 3 rings (SSSR count). The van der Waals surface area contributed by atoms with E-state index in [0.717, 1.165) is 4.47 Å². The predicted octanol–water partition coefficient (Wildman–Crippen LogP) is 5.79. The van der Waals surface area contributed by atoms with Crippen LogP contribution in [0.2, 0.25) is 5.02 Å². The first-order valence-electron chi connectivity index (χ1n) is 6.03. The SMILES string of the molecule is FC(F)(F)c1nc2cc(Oc3ccc(Br)cc3)c(Cl)cc2[nH]1. The van der Waals surface area contributed by atoms with Gasteiger partial charge in [-0.3, -0.25) is 0 Å². The van der Waals surface area contributed by atoms with Gasteiger partial charge in [-0.25, -0.2) is 4.98 Å². The molecule has 1 aromatic heterocycles. The van der Waals surface area contributed by atoms with Crippen LogP contribution in [0, 0.1) is 0 Å². The maximum atomic E-state index is 12.6. The highest BCUT2D eigenvalue weighted by Crippen LogP contribution is 2.35. The van der Waals surface area contributed by atoms with Crippen molar-refractivity contribution in [3.63, 3.8) is 0 Å². The van der Waals surface area contributed by atoms with E-state index in [4.69, 9.17) is 16.3 Å². The average Bonchev–Trinajstić information content (AvgIpc) is 2.84. The number of hydrogen-bond donors (Lipinski definition) is 1. The van der Waals surface area contributed by atoms with Crippen LogP contribution in [0.4, 0.5) is 13.2 Å². The molecule has 0 amide bonds. The second-order valence-corrected chi connectivity index (χ2v) is 5.76. The molecule has 0 atom stereocenters. The molecule has 0 spiro atoms. The number of ether oxygens (including phenoxy) is 1. The minimum Gasteiger partial charge on any atom is -0.456 e. The lowest BCUT2D eigenvalue weighted by atomic mass is 10.3. The number of aromatic nitrogens is 2. The van der Waals surface area contributed by atoms with Crippen LogP contribution in [0.1, 0.15) is 5.82 Å². The summed E-state index contributed by atoms with van der Waals surface area (Å²) in [4.78, 5) is 5.71. The third kappa shape index (κ3) is 3.05. The molecule has 1 heterocycles. The van der Waals surface area contributed by atoms with Crippen molar-refractivity contribution in [3.8, 4) is 11.5 Å². The number of H-pyrrole nitrogens is 1. The number of halogens is 5. The number of hydrogen-bond acceptors (Lipinski definition) is 2. The van der Waals surface area contributed by atoms with Crippen LogP contribution in [0.5, 0.6) is 11.5 Å². The van der Waals surface area contributed by atoms with Gasteiger partial charge < -0.3 is 9.72 Å². The van der Waals surface area contributed by atoms with E-state index in [2.05, 4.69) is 25.9 Å². The Hall–Kier alpha value is -1.73. The van der Waals surface area contributed by atoms with Crippen molar-refractivity contribution in [2.45, 2.75) is 6.18 Å². The van der Waals surface area contributed by atoms with Crippen molar-refractivity contribution in [2.75, 3.05) is 0 Å². The van der Waals surface area contributed by atoms with Gasteiger partial charge in [0.1, 0.15) is 11.5 Å². The molecule has 114 valence electrons. The molecule has 0 aliphatic heterocycles. The third-order valence-electron chi connectivity index (χ3n) is 2.85. The highest BCUT2D eigenvalue weighted by Gasteiger charge is 2.34. The van der Waals surface area contributed by atoms with Gasteiger partial charge in [0, 0.05) is 10.5 Å². The molecular formula is C14H7BrClF3N2O. The molecule has 0 fully saturated rings. The zero-order valence-corrected chi connectivity index (χ0v) is 13.1. The lowest BCUT2D eigenvalue weighted by molar-refractivity contribution is -0.144. The number of rotatable bonds is 2. The van der Waals surface area contributed by atoms with Crippen molar-refractivity contribution < 1.29 is 17.9 Å². The fourth-order valence-corrected chi connectivity index (χ4v) is 2.32. The summed E-state index contributed by atoms with van der Waals surface area (Å²) in [6, 6.07) is 9.68. The van der Waals surface area contributed by atoms with Crippen LogP contribution in [0.3, 0.4) is 0 Å². The normalized spacial score (nSPS) is 11.9. The quantitative estimate of drug-likeness (QED) is 0.600. The minimum absolute atomic E-state index is 0.129. The number of alkyl halides is 3. The molecule has 3 aromatic rings. The van der Waals surface area contributed by atoms with Crippen LogP contribution >= 0.6 is 27.5 Å². The predicted molar refractivity (Wildman–Crippen MR) is 80.3 cm³/mol. The van der Waals surface area contributed by atoms with E-state index >= 15 is 0 Å². The standard InChI is InChI=1S/C14H7BrClF3N2O/c15-7-1-3-8(4-2-7)22-12-6-11-10(5-9(12)16)20-13(21-11)14(17,18)19/h1-6H,(H,20,21). The van der Waals surface area contributed by atoms with E-state index < -0.39 is 12.0 Å². The van der Waals surface area contributed by atoms with Crippen molar-refractivity contribution in [1.29, 1.82) is 0 Å². The highest BCUT2D eigenvalue weighted by atomic mass is 79.9. The average molecular weight is 392 g/mol. The first kappa shape index (κ1) is 15.2. The maximum Gasteiger partial charge on any atom is 0.449 e. The number of benzene rings is 2. The second kappa shape index (κ2) is 5.48. The minimum atomic E-state index is -4.54. The fourth-order valence-electron chi connectivity index (χ4n) is 1.85. The molecular weight excluding hydrogens is 385 g/mol. The van der Waals surface area contributed by atoms with Gasteiger partial charge in [0.15, 0.2) is 0 Å². The molecule has 1 N–H and O–H groups in total. The zero-order valence-electron chi connectivity index (χ0n) is 10.7. The summed E-state index contributed by atoms with van der Waals surface area (Å²) in [5.74, 6) is -0.327. The van der Waals surface area contributed by atoms with Crippen molar-refractivity contribution in [3.05, 3.63) is 51.7 Å². The largest absolute Gasteiger partial charge is 0.456 e. The smallest absolute Gasteiger partial charge is 0.449 e. The molecule has 0 aliphatic carbocycles. The molecule has 2 aromatic carbocycles. The van der Waals surface area contributed by atoms with E-state index in [9.17, 15) is 13.2 Å². The first-order chi connectivity index (χ1) is 10.3. The summed E-state index contributed by atoms with van der Waals surface area (Å²) in [7, 11) is 0. The Bertz CT molecular complexity index is 830. The van der Waals surface area contributed by atoms with Crippen molar-refractivity contribution in [2.24, 2.45) is 0 Å². The first-order valence-corrected chi connectivity index (χ1v) is 7.20. The van der Waals surface area contributed by atoms with Crippen molar-refractivity contribution >= 4 is 38.6 Å². The fraction of sp³-hybridized carbons (Fsp3) is 0.0714. The lowest BCUT2D eigenvalue weighted by Gasteiger charge is -2.07. The summed E-state index contributed by atoms with van der Waals surface area (Å²) in [5, 5.41) is 0.188. The second-order valence-electron chi connectivity index (χ2n) is 4.44. The number of aromatic amines is 1. The monoisotopic (exact) mass is 390 g/mol. The molecule has 0 unspecified atom stereocenters. The number of fused-ring (bicyclic) bond motifs is 1. The molecule has 0 saturated carbocycles. The molecule has 0 aliphatic rings. The summed E-state index contributed by atoms with van der Waals surface area (Å²) in [6.45, 7) is 0. The lowest BCUT2D eigenvalue weighted by Crippen LogP contribution is -2.06. The molecule has 8 heteroatoms. The van der Waals surface area contributed by atoms with Gasteiger partial charge >= 0.3 is 6.18 Å². The molecule has 22 heavy (non-hydrogen) atoms. The Balaban J connectivity index is 1.99. The molecule has 0 bridgehead atoms. The van der Waals surface area contributed by atoms with Gasteiger partial charge in [0.2, 0.25) is 5.82 Å². The molecule has 0 radical (unpaired) electrons. The van der Waals surface area contributed by atoms with Gasteiger partial charge in [-0.1, -0.05) is 27.5 Å². The Morgan fingerprint density at radius 1 is 1.14 bits per heavy atom. The van der Waals surface area contributed by atoms with Crippen LogP contribution < -0.4 is 4.74 Å². The number of nitrogens with zero attached hydrogens (tertiary/aromatic N) is 1. The summed E-state index contributed by atoms with van der Waals surface area (Å²) in [6.07, 6.45) is -4.54. The van der Waals surface area contributed by atoms with Gasteiger partial charge in [-0.2, -0.15) is 13.2 Å². The molecule has 0 saturated heterocycles. The van der Waals surface area contributed by atoms with E-state index in [1.165, 1.54) is 12.1 Å². The maximum absolute atomic E-state index is 12.6. The Morgan fingerprint density at radius 2 is 1.82 bits per heavy atom. The Kier molecular flexibility index (Phi) is 3.78. The highest BCUT2D eigenvalue weighted by molar-refractivity contribution is 9.10. The van der Waals surface area contributed by atoms with Gasteiger partial charge in [-0.05, 0) is 30.3 Å². The van der Waals surface area contributed by atoms with Gasteiger partial charge in [0.25, 0.3) is 0 Å². The Labute approximate surface area is 136 Å². The van der Waals surface area contributed by atoms with Crippen LogP contribution in [0.25, 0.3) is 11.0 Å². The van der Waals surface area contributed by atoms with E-state index in [1.807, 2.05) is 0 Å². The zero-order chi connectivity index (χ0) is 15.9. The number of nitrogens with one attached hydrogen (secondary N) is 1. The summed E-state index contributed by atoms with van der Waals surface area (Å²) in [5.41, 5.74) is 0.323. The summed E-state index contributed by atoms with van der Waals surface area (Å²) >= 11 is 9.34. The molecule has 3 nitrogen and oxygen atoms in total. The Morgan fingerprint density at radius 3 is 2.45 bits per heavy atom. The van der Waals surface area contributed by atoms with Crippen molar-refractivity contribution in [1.82, 2.24) is 9.97 Å². The van der Waals surface area contributed by atoms with Crippen LogP contribution in [0.15, 0.2) is 40.9 Å².